The smallest absolute Gasteiger partial charge is 0.305 e. The molecule has 4 nitrogen and oxygen atoms in total. The van der Waals surface area contributed by atoms with Crippen molar-refractivity contribution in [3.63, 3.8) is 0 Å². The molecule has 0 heterocycles. The molecule has 0 spiro atoms. The van der Waals surface area contributed by atoms with Crippen LogP contribution in [0.25, 0.3) is 0 Å². The van der Waals surface area contributed by atoms with E-state index in [1.54, 1.807) is 24.3 Å². The van der Waals surface area contributed by atoms with Gasteiger partial charge in [-0.15, -0.1) is 0 Å². The molecule has 2 N–H and O–H groups in total. The van der Waals surface area contributed by atoms with E-state index in [0.29, 0.717) is 12.8 Å². The highest BCUT2D eigenvalue weighted by atomic mass is 16.5. The second-order valence-electron chi connectivity index (χ2n) is 5.86. The van der Waals surface area contributed by atoms with E-state index >= 15 is 0 Å². The maximum atomic E-state index is 11.4. The molecule has 122 valence electrons. The Morgan fingerprint density at radius 2 is 1.39 bits per heavy atom. The minimum absolute atomic E-state index is 0.219. The van der Waals surface area contributed by atoms with E-state index < -0.39 is 0 Å². The number of phenolic OH excluding ortho intramolecular Hbond substituents is 2. The summed E-state index contributed by atoms with van der Waals surface area (Å²) in [5.74, 6) is 0.219. The molecule has 2 aromatic rings. The fourth-order valence-corrected chi connectivity index (χ4v) is 2.80. The number of aromatic hydroxyl groups is 2. The van der Waals surface area contributed by atoms with E-state index in [1.807, 2.05) is 24.3 Å². The van der Waals surface area contributed by atoms with Crippen LogP contribution in [0.2, 0.25) is 0 Å². The highest BCUT2D eigenvalue weighted by molar-refractivity contribution is 5.69. The Balaban J connectivity index is 2.31. The Morgan fingerprint density at radius 1 is 0.957 bits per heavy atom. The Morgan fingerprint density at radius 3 is 1.78 bits per heavy atom. The molecular formula is C19H22O4. The largest absolute Gasteiger partial charge is 0.508 e. The Hall–Kier alpha value is -2.49. The average molecular weight is 314 g/mol. The third-order valence-corrected chi connectivity index (χ3v) is 4.29. The summed E-state index contributed by atoms with van der Waals surface area (Å²) < 4.78 is 4.70. The summed E-state index contributed by atoms with van der Waals surface area (Å²) in [5.41, 5.74) is 1.77. The molecule has 0 aliphatic heterocycles. The van der Waals surface area contributed by atoms with E-state index in [-0.39, 0.29) is 22.9 Å². The van der Waals surface area contributed by atoms with Crippen molar-refractivity contribution in [3.05, 3.63) is 59.7 Å². The first-order valence-corrected chi connectivity index (χ1v) is 7.61. The van der Waals surface area contributed by atoms with Gasteiger partial charge in [-0.1, -0.05) is 31.2 Å². The third kappa shape index (κ3) is 4.03. The molecule has 2 aromatic carbocycles. The topological polar surface area (TPSA) is 66.8 Å². The maximum absolute atomic E-state index is 11.4. The van der Waals surface area contributed by atoms with Gasteiger partial charge in [0.05, 0.1) is 7.11 Å². The molecule has 23 heavy (non-hydrogen) atoms. The molecule has 0 aliphatic rings. The number of benzene rings is 2. The first-order valence-electron chi connectivity index (χ1n) is 7.61. The second kappa shape index (κ2) is 7.18. The summed E-state index contributed by atoms with van der Waals surface area (Å²) in [5, 5.41) is 19.0. The summed E-state index contributed by atoms with van der Waals surface area (Å²) in [6.07, 6.45) is 1.80. The number of esters is 1. The number of methoxy groups -OCH3 is 1. The number of phenols is 2. The predicted octanol–water partition coefficient (Wildman–Crippen LogP) is 3.75. The highest BCUT2D eigenvalue weighted by Crippen LogP contribution is 2.38. The molecule has 0 aliphatic carbocycles. The van der Waals surface area contributed by atoms with Crippen molar-refractivity contribution < 1.29 is 19.7 Å². The zero-order valence-corrected chi connectivity index (χ0v) is 13.5. The molecule has 0 fully saturated rings. The lowest BCUT2D eigenvalue weighted by Gasteiger charge is -2.31. The van der Waals surface area contributed by atoms with Crippen molar-refractivity contribution in [1.82, 2.24) is 0 Å². The molecule has 0 radical (unpaired) electrons. The number of carbonyl (C=O) groups is 1. The van der Waals surface area contributed by atoms with Gasteiger partial charge in [-0.3, -0.25) is 4.79 Å². The standard InChI is InChI=1S/C19H22O4/c1-19(13-3-4-18(22)23-2,14-5-9-16(20)10-6-14)15-7-11-17(21)12-8-15/h5-12,20-21H,3-4,13H2,1-2H3. The summed E-state index contributed by atoms with van der Waals surface area (Å²) in [6, 6.07) is 14.2. The molecule has 0 amide bonds. The quantitative estimate of drug-likeness (QED) is 0.797. The Bertz CT molecular complexity index is 599. The van der Waals surface area contributed by atoms with Crippen molar-refractivity contribution in [2.45, 2.75) is 31.6 Å². The molecule has 0 saturated heterocycles. The molecule has 2 rings (SSSR count). The van der Waals surface area contributed by atoms with E-state index in [0.717, 1.165) is 17.5 Å². The third-order valence-electron chi connectivity index (χ3n) is 4.29. The maximum Gasteiger partial charge on any atom is 0.305 e. The number of ether oxygens (including phenoxy) is 1. The van der Waals surface area contributed by atoms with E-state index in [2.05, 4.69) is 6.92 Å². The van der Waals surface area contributed by atoms with Gasteiger partial charge in [0, 0.05) is 11.8 Å². The Labute approximate surface area is 136 Å². The van der Waals surface area contributed by atoms with Gasteiger partial charge in [-0.2, -0.15) is 0 Å². The van der Waals surface area contributed by atoms with Crippen molar-refractivity contribution in [2.24, 2.45) is 0 Å². The fourth-order valence-electron chi connectivity index (χ4n) is 2.80. The summed E-state index contributed by atoms with van der Waals surface area (Å²) in [6.45, 7) is 2.10. The van der Waals surface area contributed by atoms with Crippen LogP contribution in [-0.4, -0.2) is 23.3 Å². The lowest BCUT2D eigenvalue weighted by molar-refractivity contribution is -0.140. The van der Waals surface area contributed by atoms with Crippen molar-refractivity contribution in [2.75, 3.05) is 7.11 Å². The van der Waals surface area contributed by atoms with Crippen LogP contribution in [0.15, 0.2) is 48.5 Å². The van der Waals surface area contributed by atoms with Crippen molar-refractivity contribution in [1.29, 1.82) is 0 Å². The summed E-state index contributed by atoms with van der Waals surface area (Å²) in [4.78, 5) is 11.4. The molecule has 0 atom stereocenters. The van der Waals surface area contributed by atoms with Gasteiger partial charge in [0.2, 0.25) is 0 Å². The van der Waals surface area contributed by atoms with E-state index in [9.17, 15) is 15.0 Å². The molecule has 0 bridgehead atoms. The molecule has 4 heteroatoms. The molecule has 0 saturated carbocycles. The number of hydrogen-bond donors (Lipinski definition) is 2. The van der Waals surface area contributed by atoms with Crippen LogP contribution in [0.3, 0.4) is 0 Å². The lowest BCUT2D eigenvalue weighted by atomic mass is 9.72. The Kier molecular flexibility index (Phi) is 5.27. The van der Waals surface area contributed by atoms with Gasteiger partial charge < -0.3 is 14.9 Å². The first kappa shape index (κ1) is 16.9. The molecule has 0 aromatic heterocycles. The zero-order chi connectivity index (χ0) is 16.9. The van der Waals surface area contributed by atoms with Gasteiger partial charge in [0.15, 0.2) is 0 Å². The number of hydrogen-bond acceptors (Lipinski definition) is 4. The van der Waals surface area contributed by atoms with Crippen molar-refractivity contribution >= 4 is 5.97 Å². The normalized spacial score (nSPS) is 11.2. The van der Waals surface area contributed by atoms with Crippen LogP contribution in [0.5, 0.6) is 11.5 Å². The van der Waals surface area contributed by atoms with Gasteiger partial charge in [0.25, 0.3) is 0 Å². The SMILES string of the molecule is COC(=O)CCCC(C)(c1ccc(O)cc1)c1ccc(O)cc1. The molecular weight excluding hydrogens is 292 g/mol. The van der Waals surface area contributed by atoms with Gasteiger partial charge in [-0.25, -0.2) is 0 Å². The van der Waals surface area contributed by atoms with E-state index in [1.165, 1.54) is 7.11 Å². The van der Waals surface area contributed by atoms with E-state index in [4.69, 9.17) is 4.74 Å². The van der Waals surface area contributed by atoms with Gasteiger partial charge in [0.1, 0.15) is 11.5 Å². The minimum atomic E-state index is -0.324. The lowest BCUT2D eigenvalue weighted by Crippen LogP contribution is -2.24. The van der Waals surface area contributed by atoms with Gasteiger partial charge >= 0.3 is 5.97 Å². The van der Waals surface area contributed by atoms with Crippen LogP contribution in [0.1, 0.15) is 37.3 Å². The van der Waals surface area contributed by atoms with Crippen LogP contribution in [0, 0.1) is 0 Å². The monoisotopic (exact) mass is 314 g/mol. The van der Waals surface area contributed by atoms with Gasteiger partial charge in [-0.05, 0) is 48.2 Å². The summed E-state index contributed by atoms with van der Waals surface area (Å²) >= 11 is 0. The second-order valence-corrected chi connectivity index (χ2v) is 5.86. The summed E-state index contributed by atoms with van der Waals surface area (Å²) in [7, 11) is 1.39. The van der Waals surface area contributed by atoms with Crippen LogP contribution in [-0.2, 0) is 14.9 Å². The van der Waals surface area contributed by atoms with Crippen LogP contribution in [0.4, 0.5) is 0 Å². The molecule has 0 unspecified atom stereocenters. The highest BCUT2D eigenvalue weighted by Gasteiger charge is 2.28. The number of rotatable bonds is 6. The van der Waals surface area contributed by atoms with Crippen LogP contribution >= 0.6 is 0 Å². The number of carbonyl (C=O) groups excluding carboxylic acids is 1. The average Bonchev–Trinajstić information content (AvgIpc) is 2.55. The fraction of sp³-hybridized carbons (Fsp3) is 0.316. The predicted molar refractivity (Wildman–Crippen MR) is 88.5 cm³/mol. The minimum Gasteiger partial charge on any atom is -0.508 e. The van der Waals surface area contributed by atoms with Crippen molar-refractivity contribution in [3.8, 4) is 11.5 Å². The zero-order valence-electron chi connectivity index (χ0n) is 13.5. The van der Waals surface area contributed by atoms with Crippen LogP contribution < -0.4 is 0 Å². The first-order chi connectivity index (χ1) is 11.0.